The van der Waals surface area contributed by atoms with Crippen molar-refractivity contribution >= 4 is 14.2 Å². The fourth-order valence-electron chi connectivity index (χ4n) is 3.44. The molecule has 0 amide bonds. The van der Waals surface area contributed by atoms with Crippen molar-refractivity contribution in [3.05, 3.63) is 60.7 Å². The van der Waals surface area contributed by atoms with Crippen LogP contribution in [0.1, 0.15) is 13.8 Å². The van der Waals surface area contributed by atoms with Crippen LogP contribution in [0.15, 0.2) is 60.7 Å². The molecule has 0 saturated carbocycles. The lowest BCUT2D eigenvalue weighted by molar-refractivity contribution is -0.176. The Kier molecular flexibility index (Phi) is 5.36. The van der Waals surface area contributed by atoms with Crippen LogP contribution >= 0.6 is 7.75 Å². The van der Waals surface area contributed by atoms with Crippen molar-refractivity contribution in [1.29, 1.82) is 0 Å². The summed E-state index contributed by atoms with van der Waals surface area (Å²) in [7, 11) is -3.97. The summed E-state index contributed by atoms with van der Waals surface area (Å²) in [6, 6.07) is 17.5. The van der Waals surface area contributed by atoms with E-state index in [9.17, 15) is 9.36 Å². The van der Waals surface area contributed by atoms with Gasteiger partial charge >= 0.3 is 7.75 Å². The van der Waals surface area contributed by atoms with Gasteiger partial charge < -0.3 is 23.3 Å². The van der Waals surface area contributed by atoms with E-state index < -0.39 is 32.0 Å². The monoisotopic (exact) mass is 419 g/mol. The number of para-hydroxylation sites is 2. The number of carbonyl (C=O) groups excluding carboxylic acids is 1. The molecule has 9 heteroatoms. The number of rotatable bonds is 7. The van der Waals surface area contributed by atoms with Crippen LogP contribution < -0.4 is 9.05 Å². The zero-order valence-electron chi connectivity index (χ0n) is 16.0. The lowest BCUT2D eigenvalue weighted by Gasteiger charge is -2.30. The Labute approximate surface area is 168 Å². The van der Waals surface area contributed by atoms with Gasteiger partial charge in [0.15, 0.2) is 12.0 Å². The summed E-state index contributed by atoms with van der Waals surface area (Å²) in [5, 5.41) is 0. The van der Waals surface area contributed by atoms with E-state index in [1.165, 1.54) is 4.67 Å². The van der Waals surface area contributed by atoms with Gasteiger partial charge in [0.05, 0.1) is 6.54 Å². The molecule has 29 heavy (non-hydrogen) atoms. The van der Waals surface area contributed by atoms with Crippen molar-refractivity contribution in [3.8, 4) is 11.5 Å². The largest absolute Gasteiger partial charge is 0.517 e. The molecule has 0 N–H and O–H groups in total. The first-order valence-corrected chi connectivity index (χ1v) is 10.7. The molecule has 2 aliphatic heterocycles. The third-order valence-corrected chi connectivity index (χ3v) is 6.51. The number of ether oxygens (including phenoxy) is 3. The summed E-state index contributed by atoms with van der Waals surface area (Å²) < 4.78 is 44.3. The lowest BCUT2D eigenvalue weighted by Crippen LogP contribution is -2.35. The van der Waals surface area contributed by atoms with Crippen LogP contribution in [0.25, 0.3) is 0 Å². The molecule has 2 heterocycles. The molecule has 0 radical (unpaired) electrons. The molecule has 4 rings (SSSR count). The molecular weight excluding hydrogens is 397 g/mol. The van der Waals surface area contributed by atoms with Crippen LogP contribution in [0, 0.1) is 0 Å². The molecule has 2 aliphatic rings. The second-order valence-electron chi connectivity index (χ2n) is 7.16. The van der Waals surface area contributed by atoms with Crippen molar-refractivity contribution in [1.82, 2.24) is 4.67 Å². The molecule has 2 fully saturated rings. The third kappa shape index (κ3) is 4.16. The SMILES string of the molecule is CC1(C)O[C@H]2[C@@H](O1)N(P(=O)(Oc1ccccc1)Oc1ccccc1)C[C@H]2OC=O. The highest BCUT2D eigenvalue weighted by molar-refractivity contribution is 7.52. The Balaban J connectivity index is 1.69. The van der Waals surface area contributed by atoms with E-state index in [2.05, 4.69) is 0 Å². The highest BCUT2D eigenvalue weighted by Crippen LogP contribution is 2.57. The van der Waals surface area contributed by atoms with Crippen molar-refractivity contribution in [3.63, 3.8) is 0 Å². The Morgan fingerprint density at radius 2 is 1.55 bits per heavy atom. The summed E-state index contributed by atoms with van der Waals surface area (Å²) in [6.07, 6.45) is -2.07. The summed E-state index contributed by atoms with van der Waals surface area (Å²) in [5.41, 5.74) is 0. The minimum atomic E-state index is -3.97. The van der Waals surface area contributed by atoms with E-state index in [1.54, 1.807) is 62.4 Å². The Morgan fingerprint density at radius 3 is 2.07 bits per heavy atom. The van der Waals surface area contributed by atoms with Gasteiger partial charge in [-0.2, -0.15) is 4.67 Å². The van der Waals surface area contributed by atoms with Crippen LogP contribution in [-0.4, -0.2) is 41.9 Å². The second-order valence-corrected chi connectivity index (χ2v) is 8.98. The van der Waals surface area contributed by atoms with Gasteiger partial charge in [-0.25, -0.2) is 4.57 Å². The lowest BCUT2D eigenvalue weighted by atomic mass is 10.2. The summed E-state index contributed by atoms with van der Waals surface area (Å²) in [4.78, 5) is 11.0. The van der Waals surface area contributed by atoms with Crippen molar-refractivity contribution < 1.29 is 32.6 Å². The topological polar surface area (TPSA) is 83.5 Å². The molecule has 2 aromatic rings. The molecule has 0 aliphatic carbocycles. The van der Waals surface area contributed by atoms with Gasteiger partial charge in [-0.3, -0.25) is 4.79 Å². The van der Waals surface area contributed by atoms with Crippen molar-refractivity contribution in [2.24, 2.45) is 0 Å². The highest BCUT2D eigenvalue weighted by atomic mass is 31.2. The summed E-state index contributed by atoms with van der Waals surface area (Å²) >= 11 is 0. The Hall–Kier alpha value is -2.38. The molecule has 0 aromatic heterocycles. The van der Waals surface area contributed by atoms with Crippen LogP contribution in [0.2, 0.25) is 0 Å². The van der Waals surface area contributed by atoms with E-state index in [-0.39, 0.29) is 6.54 Å². The fourth-order valence-corrected chi connectivity index (χ4v) is 5.28. The van der Waals surface area contributed by atoms with Gasteiger partial charge in [0.25, 0.3) is 6.47 Å². The molecule has 3 atom stereocenters. The van der Waals surface area contributed by atoms with Crippen molar-refractivity contribution in [2.75, 3.05) is 6.54 Å². The normalized spacial score (nSPS) is 25.9. The van der Waals surface area contributed by atoms with Gasteiger partial charge in [0, 0.05) is 0 Å². The standard InChI is InChI=1S/C20H22NO7P/c1-20(2)25-18-17(24-14-22)13-21(19(18)26-20)29(23,27-15-9-5-3-6-10-15)28-16-11-7-4-8-12-16/h3-12,14,17-19H,13H2,1-2H3/t17-,18-,19-/m1/s1. The predicted molar refractivity (Wildman–Crippen MR) is 103 cm³/mol. The minimum absolute atomic E-state index is 0.0705. The average molecular weight is 419 g/mol. The van der Waals surface area contributed by atoms with E-state index in [1.807, 2.05) is 12.1 Å². The van der Waals surface area contributed by atoms with Gasteiger partial charge in [-0.1, -0.05) is 36.4 Å². The molecule has 154 valence electrons. The summed E-state index contributed by atoms with van der Waals surface area (Å²) in [5.74, 6) is -0.189. The first kappa shape index (κ1) is 19.9. The number of benzene rings is 2. The first-order valence-electron chi connectivity index (χ1n) is 9.21. The highest BCUT2D eigenvalue weighted by Gasteiger charge is 2.61. The molecule has 0 spiro atoms. The maximum Gasteiger partial charge on any atom is 0.517 e. The van der Waals surface area contributed by atoms with Crippen LogP contribution in [-0.2, 0) is 23.6 Å². The quantitative estimate of drug-likeness (QED) is 0.497. The van der Waals surface area contributed by atoms with Gasteiger partial charge in [0.1, 0.15) is 23.7 Å². The molecule has 0 bridgehead atoms. The second kappa shape index (κ2) is 7.80. The van der Waals surface area contributed by atoms with Gasteiger partial charge in [0.2, 0.25) is 0 Å². The van der Waals surface area contributed by atoms with E-state index in [0.717, 1.165) is 0 Å². The van der Waals surface area contributed by atoms with Gasteiger partial charge in [-0.15, -0.1) is 0 Å². The zero-order chi connectivity index (χ0) is 20.5. The van der Waals surface area contributed by atoms with Crippen LogP contribution in [0.5, 0.6) is 11.5 Å². The number of fused-ring (bicyclic) bond motifs is 1. The van der Waals surface area contributed by atoms with E-state index in [4.69, 9.17) is 23.3 Å². The molecule has 2 aromatic carbocycles. The maximum atomic E-state index is 14.1. The molecule has 0 unspecified atom stereocenters. The Bertz CT molecular complexity index is 847. The van der Waals surface area contributed by atoms with Gasteiger partial charge in [-0.05, 0) is 38.1 Å². The molecule has 2 saturated heterocycles. The Morgan fingerprint density at radius 1 is 1.00 bits per heavy atom. The molecule has 8 nitrogen and oxygen atoms in total. The number of hydrogen-bond acceptors (Lipinski definition) is 7. The molecular formula is C20H22NO7P. The predicted octanol–water partition coefficient (Wildman–Crippen LogP) is 3.59. The van der Waals surface area contributed by atoms with Crippen LogP contribution in [0.4, 0.5) is 0 Å². The zero-order valence-corrected chi connectivity index (χ0v) is 16.9. The van der Waals surface area contributed by atoms with E-state index in [0.29, 0.717) is 18.0 Å². The first-order chi connectivity index (χ1) is 13.9. The summed E-state index contributed by atoms with van der Waals surface area (Å²) in [6.45, 7) is 3.90. The van der Waals surface area contributed by atoms with Crippen LogP contribution in [0.3, 0.4) is 0 Å². The fraction of sp³-hybridized carbons (Fsp3) is 0.350. The number of hydrogen-bond donors (Lipinski definition) is 0. The third-order valence-electron chi connectivity index (χ3n) is 4.61. The average Bonchev–Trinajstić information content (AvgIpc) is 3.17. The smallest absolute Gasteiger partial charge is 0.460 e. The minimum Gasteiger partial charge on any atom is -0.460 e. The number of carbonyl (C=O) groups is 1. The number of nitrogens with zero attached hydrogens (tertiary/aromatic N) is 1. The maximum absolute atomic E-state index is 14.1. The van der Waals surface area contributed by atoms with Crippen molar-refractivity contribution in [2.45, 2.75) is 38.1 Å². The van der Waals surface area contributed by atoms with E-state index >= 15 is 0 Å².